The highest BCUT2D eigenvalue weighted by molar-refractivity contribution is 5.29. The Morgan fingerprint density at radius 2 is 0.644 bits per heavy atom. The largest absolute Gasteiger partial charge is 0.264 e. The van der Waals surface area contributed by atoms with Crippen LogP contribution in [-0.4, -0.2) is 49.8 Å². The molecule has 104 heavy (non-hydrogen) atoms. The molecule has 0 amide bonds. The molecule has 0 spiro atoms. The van der Waals surface area contributed by atoms with Gasteiger partial charge >= 0.3 is 0 Å². The first-order valence-corrected chi connectivity index (χ1v) is 37.9. The molecular weight excluding hydrogens is 1270 g/mol. The number of rotatable bonds is 10. The van der Waals surface area contributed by atoms with Crippen molar-refractivity contribution in [3.63, 3.8) is 0 Å². The third-order valence-corrected chi connectivity index (χ3v) is 16.4. The summed E-state index contributed by atoms with van der Waals surface area (Å²) in [5.41, 5.74) is 29.4. The smallest absolute Gasteiger partial charge is 0.0458 e. The maximum Gasteiger partial charge on any atom is 0.0458 e. The molecule has 0 fully saturated rings. The van der Waals surface area contributed by atoms with Crippen LogP contribution < -0.4 is 0 Å². The molecule has 0 atom stereocenters. The zero-order valence-corrected chi connectivity index (χ0v) is 71.3. The summed E-state index contributed by atoms with van der Waals surface area (Å²) in [5, 5.41) is 0. The van der Waals surface area contributed by atoms with E-state index in [9.17, 15) is 0 Å². The van der Waals surface area contributed by atoms with Gasteiger partial charge in [-0.3, -0.25) is 49.8 Å². The molecule has 0 aliphatic rings. The van der Waals surface area contributed by atoms with Gasteiger partial charge in [-0.1, -0.05) is 157 Å². The average molecular weight is 1410 g/mol. The topological polar surface area (TPSA) is 129 Å². The lowest BCUT2D eigenvalue weighted by atomic mass is 9.99. The minimum absolute atomic E-state index is 0.536. The second-order valence-electron chi connectivity index (χ2n) is 30.8. The maximum atomic E-state index is 4.43. The van der Waals surface area contributed by atoms with Crippen LogP contribution in [0, 0.1) is 96.9 Å². The summed E-state index contributed by atoms with van der Waals surface area (Å²) >= 11 is 0. The Morgan fingerprint density at radius 1 is 0.221 bits per heavy atom. The van der Waals surface area contributed by atoms with E-state index in [1.54, 1.807) is 0 Å². The van der Waals surface area contributed by atoms with Crippen LogP contribution >= 0.6 is 0 Å². The minimum Gasteiger partial charge on any atom is -0.264 e. The van der Waals surface area contributed by atoms with E-state index in [4.69, 9.17) is 0 Å². The number of aromatic nitrogens is 10. The van der Waals surface area contributed by atoms with Gasteiger partial charge in [0.15, 0.2) is 0 Å². The lowest BCUT2D eigenvalue weighted by Gasteiger charge is -2.08. The van der Waals surface area contributed by atoms with Gasteiger partial charge in [-0.15, -0.1) is 0 Å². The quantitative estimate of drug-likeness (QED) is 0.130. The Hall–Kier alpha value is -8.50. The highest BCUT2D eigenvalue weighted by Gasteiger charge is 2.08. The number of nitrogens with zero attached hydrogens (tertiary/aromatic N) is 10. The van der Waals surface area contributed by atoms with Crippen LogP contribution in [0.3, 0.4) is 0 Å². The van der Waals surface area contributed by atoms with Gasteiger partial charge in [0, 0.05) is 117 Å². The van der Waals surface area contributed by atoms with Crippen LogP contribution in [0.1, 0.15) is 333 Å². The van der Waals surface area contributed by atoms with Gasteiger partial charge in [0.2, 0.25) is 0 Å². The van der Waals surface area contributed by atoms with Crippen LogP contribution in [0.15, 0.2) is 159 Å². The Morgan fingerprint density at radius 3 is 0.971 bits per heavy atom. The highest BCUT2D eigenvalue weighted by Crippen LogP contribution is 2.22. The zero-order valence-electron chi connectivity index (χ0n) is 71.3. The molecule has 0 radical (unpaired) electrons. The first kappa shape index (κ1) is 93.5. The molecule has 564 valence electrons. The zero-order chi connectivity index (χ0) is 79.1. The van der Waals surface area contributed by atoms with E-state index in [0.717, 1.165) is 39.9 Å². The summed E-state index contributed by atoms with van der Waals surface area (Å²) in [7, 11) is 0. The van der Waals surface area contributed by atoms with Crippen LogP contribution in [0.4, 0.5) is 0 Å². The molecule has 10 aromatic rings. The predicted molar refractivity (Wildman–Crippen MR) is 450 cm³/mol. The summed E-state index contributed by atoms with van der Waals surface area (Å²) in [6.07, 6.45) is 13.2. The molecule has 0 saturated carbocycles. The van der Waals surface area contributed by atoms with Crippen molar-refractivity contribution in [1.29, 1.82) is 0 Å². The van der Waals surface area contributed by atoms with Gasteiger partial charge in [0.25, 0.3) is 0 Å². The fourth-order valence-electron chi connectivity index (χ4n) is 10.4. The molecule has 10 rings (SSSR count). The van der Waals surface area contributed by atoms with Crippen molar-refractivity contribution in [2.45, 2.75) is 295 Å². The molecule has 0 aromatic carbocycles. The van der Waals surface area contributed by atoms with E-state index < -0.39 is 0 Å². The summed E-state index contributed by atoms with van der Waals surface area (Å²) in [6.45, 7) is 72.4. The molecule has 10 heterocycles. The summed E-state index contributed by atoms with van der Waals surface area (Å²) in [6, 6.07) is 39.9. The third kappa shape index (κ3) is 40.0. The highest BCUT2D eigenvalue weighted by atomic mass is 14.7. The standard InChI is InChI=1S/4C10H15N.6C9H13N/c1-7(2)10-5-9(4)11-6-8(10)3;1-7(2)10-5-8(3)11-9(4)6-10;2*1-7(2)10-6-8(3)5-9(4)11-10;1-7(2)9-4-8(3)5-10-6-9;1-7(2)9-4-5-10-8(3)6-9;2*1-7(2)9-6-8(3)4-5-10-9;1-7(2)9-8(3)5-4-6-10-9;1-7(2)9-6-4-5-8(3)10-9/h4*5-7H,1-4H3;6*4-7H,1-3H3. The monoisotopic (exact) mass is 1410 g/mol. The van der Waals surface area contributed by atoms with Crippen molar-refractivity contribution in [2.24, 2.45) is 0 Å². The van der Waals surface area contributed by atoms with Crippen molar-refractivity contribution in [2.75, 3.05) is 0 Å². The predicted octanol–water partition coefficient (Wildman–Crippen LogP) is 26.4. The van der Waals surface area contributed by atoms with Gasteiger partial charge in [-0.05, 0) is 314 Å². The second-order valence-corrected chi connectivity index (χ2v) is 30.8. The van der Waals surface area contributed by atoms with Crippen LogP contribution in [-0.2, 0) is 0 Å². The molecule has 0 bridgehead atoms. The van der Waals surface area contributed by atoms with Gasteiger partial charge < -0.3 is 0 Å². The second kappa shape index (κ2) is 49.3. The van der Waals surface area contributed by atoms with Gasteiger partial charge in [-0.25, -0.2) is 0 Å². The van der Waals surface area contributed by atoms with Crippen LogP contribution in [0.25, 0.3) is 0 Å². The van der Waals surface area contributed by atoms with Crippen molar-refractivity contribution in [1.82, 2.24) is 49.8 Å². The molecule has 10 aromatic heterocycles. The van der Waals surface area contributed by atoms with Crippen molar-refractivity contribution in [3.05, 3.63) is 294 Å². The molecule has 0 N–H and O–H groups in total. The van der Waals surface area contributed by atoms with Crippen molar-refractivity contribution < 1.29 is 0 Å². The van der Waals surface area contributed by atoms with Gasteiger partial charge in [-0.2, -0.15) is 0 Å². The fourth-order valence-corrected chi connectivity index (χ4v) is 10.4. The molecule has 10 heteroatoms. The molecule has 0 saturated heterocycles. The maximum absolute atomic E-state index is 4.43. The first-order valence-electron chi connectivity index (χ1n) is 37.9. The lowest BCUT2D eigenvalue weighted by molar-refractivity contribution is 0.811. The van der Waals surface area contributed by atoms with E-state index in [-0.39, 0.29) is 0 Å². The molecule has 0 aliphatic carbocycles. The van der Waals surface area contributed by atoms with Crippen LogP contribution in [0.2, 0.25) is 0 Å². The van der Waals surface area contributed by atoms with Crippen molar-refractivity contribution in [3.8, 4) is 0 Å². The SMILES string of the molecule is Cc1cc(C(C)C)c(C)cn1.Cc1cc(C(C)C)cc(C)n1.Cc1cc(C(C)C)ccn1.Cc1cc(C)nc(C(C)C)c1.Cc1cc(C)nc(C(C)C)c1.Cc1cccc(C(C)C)n1.Cc1cccnc1C(C)C.Cc1ccnc(C(C)C)c1.Cc1ccnc(C(C)C)c1.Cc1cncc(C(C)C)c1. The number of hydrogen-bond acceptors (Lipinski definition) is 10. The first-order chi connectivity index (χ1) is 48.6. The van der Waals surface area contributed by atoms with Crippen LogP contribution in [0.5, 0.6) is 0 Å². The normalized spacial score (nSPS) is 10.5. The summed E-state index contributed by atoms with van der Waals surface area (Å²) in [5.74, 6) is 5.66. The Kier molecular flexibility index (Phi) is 44.3. The molecule has 0 aliphatic heterocycles. The lowest BCUT2D eigenvalue weighted by Crippen LogP contribution is -1.95. The fraction of sp³-hybridized carbons (Fsp3) is 0.468. The average Bonchev–Trinajstić information content (AvgIpc) is 0.889. The number of hydrogen-bond donors (Lipinski definition) is 0. The van der Waals surface area contributed by atoms with E-state index in [1.165, 1.54) is 95.4 Å². The van der Waals surface area contributed by atoms with E-state index in [2.05, 4.69) is 328 Å². The number of aryl methyl sites for hydroxylation is 14. The Balaban J connectivity index is 0.000000578. The Bertz CT molecular complexity index is 3540. The van der Waals surface area contributed by atoms with E-state index >= 15 is 0 Å². The van der Waals surface area contributed by atoms with Gasteiger partial charge in [0.1, 0.15) is 0 Å². The van der Waals surface area contributed by atoms with Gasteiger partial charge in [0.05, 0.1) is 0 Å². The van der Waals surface area contributed by atoms with Crippen molar-refractivity contribution >= 4 is 0 Å². The summed E-state index contributed by atoms with van der Waals surface area (Å²) in [4.78, 5) is 42.8. The van der Waals surface area contributed by atoms with E-state index in [1.807, 2.05) is 116 Å². The molecular formula is C94H138N10. The minimum atomic E-state index is 0.536. The molecule has 10 nitrogen and oxygen atoms in total. The summed E-state index contributed by atoms with van der Waals surface area (Å²) < 4.78 is 0. The molecule has 0 unspecified atom stereocenters. The third-order valence-electron chi connectivity index (χ3n) is 16.4. The van der Waals surface area contributed by atoms with E-state index in [0.29, 0.717) is 59.2 Å². The number of pyridine rings is 10. The Labute approximate surface area is 634 Å².